The average molecular weight is 344 g/mol. The lowest BCUT2D eigenvalue weighted by Gasteiger charge is -2.20. The maximum absolute atomic E-state index is 14.1. The normalized spacial score (nSPS) is 11.0. The number of Topliss-reactive ketones (excluding diaryl/α,β-unsaturated/α-hetero) is 1. The molecule has 0 aliphatic heterocycles. The highest BCUT2D eigenvalue weighted by atomic mass is 19.1. The quantitative estimate of drug-likeness (QED) is 0.818. The number of rotatable bonds is 6. The highest BCUT2D eigenvalue weighted by molar-refractivity contribution is 5.97. The molecule has 2 aromatic rings. The standard InChI is InChI=1S/C19H21FN2O3/c1-19(2,3)14-8-7-13(10-15(14)20)25-12-18(24)22-11-17(23)16-6-4-5-9-21-16/h4-10H,11-12H2,1-3H3,(H,22,24). The first-order valence-corrected chi connectivity index (χ1v) is 7.91. The zero-order chi connectivity index (χ0) is 18.4. The van der Waals surface area contributed by atoms with Crippen molar-refractivity contribution in [3.63, 3.8) is 0 Å². The van der Waals surface area contributed by atoms with Crippen molar-refractivity contribution in [2.24, 2.45) is 0 Å². The van der Waals surface area contributed by atoms with Gasteiger partial charge in [0, 0.05) is 12.3 Å². The number of pyridine rings is 1. The van der Waals surface area contributed by atoms with E-state index in [0.29, 0.717) is 5.56 Å². The molecule has 25 heavy (non-hydrogen) atoms. The Morgan fingerprint density at radius 1 is 1.20 bits per heavy atom. The molecule has 0 spiro atoms. The SMILES string of the molecule is CC(C)(C)c1ccc(OCC(=O)NCC(=O)c2ccccn2)cc1F. The number of ketones is 1. The van der Waals surface area contributed by atoms with Crippen LogP contribution in [0.3, 0.4) is 0 Å². The average Bonchev–Trinajstić information content (AvgIpc) is 2.57. The number of nitrogens with one attached hydrogen (secondary N) is 1. The van der Waals surface area contributed by atoms with Gasteiger partial charge >= 0.3 is 0 Å². The Kier molecular flexibility index (Phi) is 5.85. The van der Waals surface area contributed by atoms with Gasteiger partial charge in [0.2, 0.25) is 0 Å². The summed E-state index contributed by atoms with van der Waals surface area (Å²) in [7, 11) is 0. The number of aromatic nitrogens is 1. The fourth-order valence-electron chi connectivity index (χ4n) is 2.19. The maximum atomic E-state index is 14.1. The number of hydrogen-bond acceptors (Lipinski definition) is 4. The summed E-state index contributed by atoms with van der Waals surface area (Å²) in [5.74, 6) is -0.883. The number of benzene rings is 1. The molecule has 0 saturated heterocycles. The molecule has 1 aromatic heterocycles. The van der Waals surface area contributed by atoms with Crippen molar-refractivity contribution in [1.29, 1.82) is 0 Å². The van der Waals surface area contributed by atoms with Crippen LogP contribution in [0.15, 0.2) is 42.6 Å². The zero-order valence-electron chi connectivity index (χ0n) is 14.5. The molecule has 0 atom stereocenters. The van der Waals surface area contributed by atoms with Gasteiger partial charge in [0.1, 0.15) is 17.3 Å². The molecule has 1 heterocycles. The van der Waals surface area contributed by atoms with Crippen LogP contribution in [0.4, 0.5) is 4.39 Å². The van der Waals surface area contributed by atoms with Gasteiger partial charge in [-0.1, -0.05) is 32.9 Å². The van der Waals surface area contributed by atoms with E-state index in [-0.39, 0.29) is 41.6 Å². The molecule has 5 nitrogen and oxygen atoms in total. The van der Waals surface area contributed by atoms with Crippen molar-refractivity contribution in [3.05, 3.63) is 59.7 Å². The second-order valence-electron chi connectivity index (χ2n) is 6.60. The molecular formula is C19H21FN2O3. The maximum Gasteiger partial charge on any atom is 0.258 e. The minimum atomic E-state index is -0.468. The Hall–Kier alpha value is -2.76. The van der Waals surface area contributed by atoms with Crippen LogP contribution in [0.1, 0.15) is 36.8 Å². The van der Waals surface area contributed by atoms with Gasteiger partial charge in [-0.05, 0) is 29.2 Å². The van der Waals surface area contributed by atoms with Gasteiger partial charge in [0.05, 0.1) is 6.54 Å². The van der Waals surface area contributed by atoms with Crippen LogP contribution >= 0.6 is 0 Å². The monoisotopic (exact) mass is 344 g/mol. The largest absolute Gasteiger partial charge is 0.484 e. The lowest BCUT2D eigenvalue weighted by Crippen LogP contribution is -2.33. The molecule has 0 aliphatic rings. The number of carbonyl (C=O) groups is 2. The summed E-state index contributed by atoms with van der Waals surface area (Å²) in [6.07, 6.45) is 1.51. The summed E-state index contributed by atoms with van der Waals surface area (Å²) in [4.78, 5) is 27.5. The molecule has 6 heteroatoms. The molecule has 1 aromatic carbocycles. The zero-order valence-corrected chi connectivity index (χ0v) is 14.5. The Balaban J connectivity index is 1.84. The molecule has 132 valence electrons. The first-order valence-electron chi connectivity index (χ1n) is 7.91. The van der Waals surface area contributed by atoms with Crippen LogP contribution in [-0.4, -0.2) is 29.8 Å². The fraction of sp³-hybridized carbons (Fsp3) is 0.316. The molecule has 0 saturated carbocycles. The summed E-state index contributed by atoms with van der Waals surface area (Å²) in [5.41, 5.74) is 0.542. The molecule has 0 fully saturated rings. The Morgan fingerprint density at radius 2 is 1.96 bits per heavy atom. The van der Waals surface area contributed by atoms with Crippen molar-refractivity contribution in [3.8, 4) is 5.75 Å². The summed E-state index contributed by atoms with van der Waals surface area (Å²) in [6.45, 7) is 5.27. The predicted octanol–water partition coefficient (Wildman–Crippen LogP) is 2.90. The third-order valence-electron chi connectivity index (χ3n) is 3.52. The highest BCUT2D eigenvalue weighted by Gasteiger charge is 2.19. The van der Waals surface area contributed by atoms with E-state index in [2.05, 4.69) is 10.3 Å². The Labute approximate surface area is 146 Å². The van der Waals surface area contributed by atoms with E-state index in [9.17, 15) is 14.0 Å². The van der Waals surface area contributed by atoms with Crippen molar-refractivity contribution in [1.82, 2.24) is 10.3 Å². The first kappa shape index (κ1) is 18.6. The summed E-state index contributed by atoms with van der Waals surface area (Å²) in [5, 5.41) is 2.45. The molecule has 2 rings (SSSR count). The fourth-order valence-corrected chi connectivity index (χ4v) is 2.19. The van der Waals surface area contributed by atoms with Crippen molar-refractivity contribution < 1.29 is 18.7 Å². The minimum absolute atomic E-state index is 0.170. The summed E-state index contributed by atoms with van der Waals surface area (Å²) in [6, 6.07) is 9.49. The van der Waals surface area contributed by atoms with E-state index in [4.69, 9.17) is 4.74 Å². The van der Waals surface area contributed by atoms with E-state index >= 15 is 0 Å². The van der Waals surface area contributed by atoms with Crippen molar-refractivity contribution in [2.45, 2.75) is 26.2 Å². The van der Waals surface area contributed by atoms with Gasteiger partial charge < -0.3 is 10.1 Å². The topological polar surface area (TPSA) is 68.3 Å². The van der Waals surface area contributed by atoms with Gasteiger partial charge in [0.25, 0.3) is 5.91 Å². The summed E-state index contributed by atoms with van der Waals surface area (Å²) < 4.78 is 19.4. The lowest BCUT2D eigenvalue weighted by atomic mass is 9.87. The van der Waals surface area contributed by atoms with Crippen LogP contribution in [0.2, 0.25) is 0 Å². The van der Waals surface area contributed by atoms with E-state index in [1.54, 1.807) is 30.3 Å². The van der Waals surface area contributed by atoms with Crippen LogP contribution in [0, 0.1) is 5.82 Å². The molecule has 1 amide bonds. The van der Waals surface area contributed by atoms with Crippen molar-refractivity contribution >= 4 is 11.7 Å². The number of hydrogen-bond donors (Lipinski definition) is 1. The minimum Gasteiger partial charge on any atom is -0.484 e. The van der Waals surface area contributed by atoms with Gasteiger partial charge in [-0.2, -0.15) is 0 Å². The predicted molar refractivity (Wildman–Crippen MR) is 92.2 cm³/mol. The Bertz CT molecular complexity index is 755. The van der Waals surface area contributed by atoms with E-state index in [1.165, 1.54) is 12.3 Å². The number of halogens is 1. The number of amides is 1. The van der Waals surface area contributed by atoms with Crippen LogP contribution < -0.4 is 10.1 Å². The highest BCUT2D eigenvalue weighted by Crippen LogP contribution is 2.27. The van der Waals surface area contributed by atoms with E-state index in [1.807, 2.05) is 20.8 Å². The number of nitrogens with zero attached hydrogens (tertiary/aromatic N) is 1. The molecule has 0 aliphatic carbocycles. The molecule has 0 bridgehead atoms. The molecular weight excluding hydrogens is 323 g/mol. The Morgan fingerprint density at radius 3 is 2.56 bits per heavy atom. The van der Waals surface area contributed by atoms with Gasteiger partial charge in [-0.3, -0.25) is 14.6 Å². The third-order valence-corrected chi connectivity index (χ3v) is 3.52. The van der Waals surface area contributed by atoms with E-state index < -0.39 is 5.91 Å². The summed E-state index contributed by atoms with van der Waals surface area (Å²) >= 11 is 0. The van der Waals surface area contributed by atoms with E-state index in [0.717, 1.165) is 0 Å². The number of carbonyl (C=O) groups excluding carboxylic acids is 2. The molecule has 0 unspecified atom stereocenters. The molecule has 1 N–H and O–H groups in total. The van der Waals surface area contributed by atoms with Crippen LogP contribution in [0.5, 0.6) is 5.75 Å². The molecule has 0 radical (unpaired) electrons. The van der Waals surface area contributed by atoms with Crippen LogP contribution in [0.25, 0.3) is 0 Å². The lowest BCUT2D eigenvalue weighted by molar-refractivity contribution is -0.122. The third kappa shape index (κ3) is 5.38. The van der Waals surface area contributed by atoms with Crippen molar-refractivity contribution in [2.75, 3.05) is 13.2 Å². The smallest absolute Gasteiger partial charge is 0.258 e. The second-order valence-corrected chi connectivity index (χ2v) is 6.60. The first-order chi connectivity index (χ1) is 11.8. The van der Waals surface area contributed by atoms with Gasteiger partial charge in [-0.15, -0.1) is 0 Å². The van der Waals surface area contributed by atoms with Gasteiger partial charge in [0.15, 0.2) is 12.4 Å². The van der Waals surface area contributed by atoms with Gasteiger partial charge in [-0.25, -0.2) is 4.39 Å². The second kappa shape index (κ2) is 7.88. The van der Waals surface area contributed by atoms with Crippen LogP contribution in [-0.2, 0) is 10.2 Å². The number of ether oxygens (including phenoxy) is 1.